The maximum atomic E-state index is 13.6. The van der Waals surface area contributed by atoms with E-state index in [0.29, 0.717) is 24.6 Å². The lowest BCUT2D eigenvalue weighted by Crippen LogP contribution is -2.41. The zero-order valence-electron chi connectivity index (χ0n) is 18.4. The molecular formula is C23H32FN5O. The number of hydrogen-bond acceptors (Lipinski definition) is 3. The van der Waals surface area contributed by atoms with Crippen molar-refractivity contribution in [2.45, 2.75) is 19.5 Å². The highest BCUT2D eigenvalue weighted by atomic mass is 19.1. The molecule has 2 aromatic rings. The van der Waals surface area contributed by atoms with Crippen molar-refractivity contribution in [2.24, 2.45) is 4.99 Å². The zero-order valence-corrected chi connectivity index (χ0v) is 18.4. The normalized spacial score (nSPS) is 12.6. The Balaban J connectivity index is 2.05. The average molecular weight is 414 g/mol. The largest absolute Gasteiger partial charge is 0.357 e. The number of amides is 1. The molecule has 0 bridgehead atoms. The van der Waals surface area contributed by atoms with Gasteiger partial charge in [-0.15, -0.1) is 0 Å². The van der Waals surface area contributed by atoms with E-state index in [0.717, 1.165) is 17.7 Å². The van der Waals surface area contributed by atoms with E-state index < -0.39 is 0 Å². The summed E-state index contributed by atoms with van der Waals surface area (Å²) in [5, 5.41) is 6.59. The van der Waals surface area contributed by atoms with Crippen LogP contribution in [0, 0.1) is 5.82 Å². The van der Waals surface area contributed by atoms with Gasteiger partial charge in [0, 0.05) is 32.7 Å². The molecule has 6 nitrogen and oxygen atoms in total. The van der Waals surface area contributed by atoms with Crippen LogP contribution in [0.2, 0.25) is 0 Å². The van der Waals surface area contributed by atoms with Crippen molar-refractivity contribution in [1.29, 1.82) is 0 Å². The Labute approximate surface area is 178 Å². The van der Waals surface area contributed by atoms with E-state index in [9.17, 15) is 9.18 Å². The molecule has 0 heterocycles. The second-order valence-electron chi connectivity index (χ2n) is 7.51. The van der Waals surface area contributed by atoms with Crippen LogP contribution in [0.25, 0.3) is 0 Å². The zero-order chi connectivity index (χ0) is 22.1. The molecule has 2 N–H and O–H groups in total. The number of likely N-dealkylation sites (N-methyl/N-ethyl adjacent to an activating group) is 1. The molecular weight excluding hydrogens is 381 g/mol. The van der Waals surface area contributed by atoms with Crippen LogP contribution in [-0.2, 0) is 6.54 Å². The van der Waals surface area contributed by atoms with Crippen LogP contribution in [0.15, 0.2) is 53.5 Å². The van der Waals surface area contributed by atoms with Crippen LogP contribution in [0.3, 0.4) is 0 Å². The van der Waals surface area contributed by atoms with Gasteiger partial charge in [0.2, 0.25) is 0 Å². The fourth-order valence-corrected chi connectivity index (χ4v) is 3.03. The molecule has 0 radical (unpaired) electrons. The van der Waals surface area contributed by atoms with Gasteiger partial charge in [0.05, 0.1) is 12.6 Å². The van der Waals surface area contributed by atoms with E-state index >= 15 is 0 Å². The Hall–Kier alpha value is -2.93. The summed E-state index contributed by atoms with van der Waals surface area (Å²) in [4.78, 5) is 20.2. The molecule has 2 rings (SSSR count). The number of carbonyl (C=O) groups excluding carboxylic acids is 1. The highest BCUT2D eigenvalue weighted by Crippen LogP contribution is 2.18. The molecule has 0 fully saturated rings. The summed E-state index contributed by atoms with van der Waals surface area (Å²) in [7, 11) is 7.41. The Morgan fingerprint density at radius 2 is 1.77 bits per heavy atom. The molecule has 7 heteroatoms. The third kappa shape index (κ3) is 6.84. The molecule has 30 heavy (non-hydrogen) atoms. The summed E-state index contributed by atoms with van der Waals surface area (Å²) >= 11 is 0. The quantitative estimate of drug-likeness (QED) is 0.516. The second kappa shape index (κ2) is 11.3. The van der Waals surface area contributed by atoms with Crippen molar-refractivity contribution in [3.63, 3.8) is 0 Å². The van der Waals surface area contributed by atoms with Gasteiger partial charge in [0.25, 0.3) is 5.91 Å². The SMILES string of the molecule is CCNC(=NCc1ccc(C(=O)N(C)C)cc1)NCC(c1cccc(F)c1)N(C)C. The topological polar surface area (TPSA) is 60.0 Å². The molecule has 0 aliphatic rings. The predicted molar refractivity (Wildman–Crippen MR) is 120 cm³/mol. The second-order valence-corrected chi connectivity index (χ2v) is 7.51. The number of nitrogens with one attached hydrogen (secondary N) is 2. The number of rotatable bonds is 8. The third-order valence-corrected chi connectivity index (χ3v) is 4.69. The molecule has 1 unspecified atom stereocenters. The summed E-state index contributed by atoms with van der Waals surface area (Å²) < 4.78 is 13.6. The highest BCUT2D eigenvalue weighted by Gasteiger charge is 2.15. The molecule has 0 aliphatic carbocycles. The molecule has 0 aliphatic heterocycles. The van der Waals surface area contributed by atoms with E-state index in [1.54, 1.807) is 31.1 Å². The van der Waals surface area contributed by atoms with E-state index in [-0.39, 0.29) is 17.8 Å². The monoisotopic (exact) mass is 413 g/mol. The minimum atomic E-state index is -0.240. The summed E-state index contributed by atoms with van der Waals surface area (Å²) in [5.74, 6) is 0.428. The smallest absolute Gasteiger partial charge is 0.253 e. The van der Waals surface area contributed by atoms with Crippen molar-refractivity contribution in [3.8, 4) is 0 Å². The first-order valence-corrected chi connectivity index (χ1v) is 10.1. The van der Waals surface area contributed by atoms with Crippen molar-refractivity contribution in [2.75, 3.05) is 41.3 Å². The maximum absolute atomic E-state index is 13.6. The van der Waals surface area contributed by atoms with Crippen molar-refractivity contribution < 1.29 is 9.18 Å². The number of nitrogens with zero attached hydrogens (tertiary/aromatic N) is 3. The van der Waals surface area contributed by atoms with Gasteiger partial charge < -0.3 is 20.4 Å². The van der Waals surface area contributed by atoms with Crippen molar-refractivity contribution in [1.82, 2.24) is 20.4 Å². The number of aliphatic imine (C=N–C) groups is 1. The van der Waals surface area contributed by atoms with Gasteiger partial charge in [-0.2, -0.15) is 0 Å². The van der Waals surface area contributed by atoms with Crippen molar-refractivity contribution in [3.05, 3.63) is 71.0 Å². The summed E-state index contributed by atoms with van der Waals surface area (Å²) in [6.07, 6.45) is 0. The summed E-state index contributed by atoms with van der Waals surface area (Å²) in [6, 6.07) is 14.1. The van der Waals surface area contributed by atoms with Crippen LogP contribution in [0.5, 0.6) is 0 Å². The van der Waals surface area contributed by atoms with Gasteiger partial charge in [-0.25, -0.2) is 9.38 Å². The fraction of sp³-hybridized carbons (Fsp3) is 0.391. The van der Waals surface area contributed by atoms with Crippen LogP contribution >= 0.6 is 0 Å². The van der Waals surface area contributed by atoms with Crippen LogP contribution in [0.1, 0.15) is 34.5 Å². The van der Waals surface area contributed by atoms with Gasteiger partial charge in [0.1, 0.15) is 5.82 Å². The van der Waals surface area contributed by atoms with E-state index in [1.165, 1.54) is 6.07 Å². The Bertz CT molecular complexity index is 849. The van der Waals surface area contributed by atoms with Gasteiger partial charge in [-0.1, -0.05) is 24.3 Å². The minimum Gasteiger partial charge on any atom is -0.357 e. The number of carbonyl (C=O) groups is 1. The predicted octanol–water partition coefficient (Wildman–Crippen LogP) is 2.89. The average Bonchev–Trinajstić information content (AvgIpc) is 2.71. The van der Waals surface area contributed by atoms with Gasteiger partial charge in [0.15, 0.2) is 5.96 Å². The maximum Gasteiger partial charge on any atom is 0.253 e. The van der Waals surface area contributed by atoms with Gasteiger partial charge in [-0.05, 0) is 56.4 Å². The molecule has 162 valence electrons. The third-order valence-electron chi connectivity index (χ3n) is 4.69. The van der Waals surface area contributed by atoms with Crippen LogP contribution in [0.4, 0.5) is 4.39 Å². The Morgan fingerprint density at radius 3 is 2.33 bits per heavy atom. The first kappa shape index (κ1) is 23.3. The minimum absolute atomic E-state index is 0.000820. The number of halogens is 1. The first-order valence-electron chi connectivity index (χ1n) is 10.1. The van der Waals surface area contributed by atoms with E-state index in [1.807, 2.05) is 56.3 Å². The van der Waals surface area contributed by atoms with Crippen molar-refractivity contribution >= 4 is 11.9 Å². The molecule has 0 spiro atoms. The Kier molecular flexibility index (Phi) is 8.80. The summed E-state index contributed by atoms with van der Waals surface area (Å²) in [6.45, 7) is 3.81. The lowest BCUT2D eigenvalue weighted by Gasteiger charge is -2.26. The van der Waals surface area contributed by atoms with Crippen LogP contribution < -0.4 is 10.6 Å². The van der Waals surface area contributed by atoms with E-state index in [2.05, 4.69) is 15.6 Å². The molecule has 0 saturated heterocycles. The number of benzene rings is 2. The fourth-order valence-electron chi connectivity index (χ4n) is 3.03. The molecule has 1 atom stereocenters. The number of hydrogen-bond donors (Lipinski definition) is 2. The molecule has 0 aromatic heterocycles. The number of guanidine groups is 1. The van der Waals surface area contributed by atoms with Gasteiger partial charge in [-0.3, -0.25) is 4.79 Å². The summed E-state index contributed by atoms with van der Waals surface area (Å²) in [5.41, 5.74) is 2.57. The van der Waals surface area contributed by atoms with Crippen LogP contribution in [-0.4, -0.2) is 62.9 Å². The van der Waals surface area contributed by atoms with E-state index in [4.69, 9.17) is 0 Å². The standard InChI is InChI=1S/C23H32FN5O/c1-6-25-23(26-15-17-10-12-18(13-11-17)22(30)29(4)5)27-16-21(28(2)3)19-8-7-9-20(24)14-19/h7-14,21H,6,15-16H2,1-5H3,(H2,25,26,27). The highest BCUT2D eigenvalue weighted by molar-refractivity contribution is 5.93. The molecule has 2 aromatic carbocycles. The van der Waals surface area contributed by atoms with Gasteiger partial charge >= 0.3 is 0 Å². The lowest BCUT2D eigenvalue weighted by molar-refractivity contribution is 0.0827. The molecule has 0 saturated carbocycles. The lowest BCUT2D eigenvalue weighted by atomic mass is 10.1. The Morgan fingerprint density at radius 1 is 1.07 bits per heavy atom. The molecule has 1 amide bonds. The first-order chi connectivity index (χ1) is 14.3.